The highest BCUT2D eigenvalue weighted by atomic mass is 32.1. The summed E-state index contributed by atoms with van der Waals surface area (Å²) in [6.45, 7) is 4.16. The molecule has 168 valence electrons. The van der Waals surface area contributed by atoms with E-state index in [-0.39, 0.29) is 12.0 Å². The van der Waals surface area contributed by atoms with Crippen LogP contribution in [-0.2, 0) is 17.9 Å². The van der Waals surface area contributed by atoms with Crippen LogP contribution in [0, 0.1) is 6.92 Å². The quantitative estimate of drug-likeness (QED) is 0.464. The van der Waals surface area contributed by atoms with Gasteiger partial charge in [0.25, 0.3) is 5.91 Å². The van der Waals surface area contributed by atoms with Crippen molar-refractivity contribution in [2.45, 2.75) is 39.0 Å². The van der Waals surface area contributed by atoms with Crippen LogP contribution >= 0.6 is 11.3 Å². The molecular weight excluding hydrogens is 424 g/mol. The average Bonchev–Trinajstić information content (AvgIpc) is 3.49. The first kappa shape index (κ1) is 22.3. The lowest BCUT2D eigenvalue weighted by Crippen LogP contribution is -2.36. The minimum atomic E-state index is 0.0439. The fourth-order valence-electron chi connectivity index (χ4n) is 3.77. The molecule has 2 aromatic heterocycles. The Labute approximate surface area is 192 Å². The van der Waals surface area contributed by atoms with E-state index in [2.05, 4.69) is 4.98 Å². The molecule has 4 rings (SSSR count). The molecule has 0 radical (unpaired) electrons. The molecule has 0 N–H and O–H groups in total. The summed E-state index contributed by atoms with van der Waals surface area (Å²) in [5, 5.41) is 1.96. The SMILES string of the molecule is COc1cc(CN(C[C@@H]2CCCO2)C(=O)c2sccc2C)ccc1OCc1ccccn1. The van der Waals surface area contributed by atoms with E-state index in [1.807, 2.05) is 59.7 Å². The van der Waals surface area contributed by atoms with Gasteiger partial charge >= 0.3 is 0 Å². The van der Waals surface area contributed by atoms with Gasteiger partial charge in [0.15, 0.2) is 11.5 Å². The lowest BCUT2D eigenvalue weighted by molar-refractivity contribution is 0.0510. The number of carbonyl (C=O) groups is 1. The lowest BCUT2D eigenvalue weighted by atomic mass is 10.1. The summed E-state index contributed by atoms with van der Waals surface area (Å²) in [4.78, 5) is 20.3. The summed E-state index contributed by atoms with van der Waals surface area (Å²) in [5.41, 5.74) is 2.83. The molecule has 3 heterocycles. The van der Waals surface area contributed by atoms with Crippen LogP contribution in [0.5, 0.6) is 11.5 Å². The van der Waals surface area contributed by atoms with E-state index in [1.165, 1.54) is 11.3 Å². The van der Waals surface area contributed by atoms with Crippen LogP contribution < -0.4 is 9.47 Å². The van der Waals surface area contributed by atoms with Crippen molar-refractivity contribution in [2.75, 3.05) is 20.3 Å². The van der Waals surface area contributed by atoms with Gasteiger partial charge in [-0.3, -0.25) is 9.78 Å². The van der Waals surface area contributed by atoms with Crippen molar-refractivity contribution in [3.05, 3.63) is 75.7 Å². The highest BCUT2D eigenvalue weighted by Crippen LogP contribution is 2.30. The Morgan fingerprint density at radius 1 is 1.25 bits per heavy atom. The van der Waals surface area contributed by atoms with Crippen LogP contribution in [0.3, 0.4) is 0 Å². The van der Waals surface area contributed by atoms with Crippen molar-refractivity contribution < 1.29 is 19.0 Å². The molecule has 7 heteroatoms. The van der Waals surface area contributed by atoms with E-state index >= 15 is 0 Å². The van der Waals surface area contributed by atoms with Crippen LogP contribution in [0.2, 0.25) is 0 Å². The molecule has 1 aromatic carbocycles. The molecule has 3 aromatic rings. The summed E-state index contributed by atoms with van der Waals surface area (Å²) in [6.07, 6.45) is 3.85. The number of benzene rings is 1. The summed E-state index contributed by atoms with van der Waals surface area (Å²) in [5.74, 6) is 1.32. The fourth-order valence-corrected chi connectivity index (χ4v) is 4.67. The zero-order valence-electron chi connectivity index (χ0n) is 18.5. The van der Waals surface area contributed by atoms with Gasteiger partial charge in [-0.15, -0.1) is 11.3 Å². The van der Waals surface area contributed by atoms with Crippen molar-refractivity contribution in [1.29, 1.82) is 0 Å². The summed E-state index contributed by atoms with van der Waals surface area (Å²) < 4.78 is 17.3. The molecule has 0 aliphatic carbocycles. The first-order valence-electron chi connectivity index (χ1n) is 10.8. The molecule has 1 saturated heterocycles. The van der Waals surface area contributed by atoms with E-state index < -0.39 is 0 Å². The van der Waals surface area contributed by atoms with Gasteiger partial charge < -0.3 is 19.1 Å². The Morgan fingerprint density at radius 2 is 2.16 bits per heavy atom. The van der Waals surface area contributed by atoms with E-state index in [1.54, 1.807) is 13.3 Å². The Bertz CT molecular complexity index is 1030. The molecule has 32 heavy (non-hydrogen) atoms. The van der Waals surface area contributed by atoms with Gasteiger partial charge in [-0.05, 0) is 66.6 Å². The number of aromatic nitrogens is 1. The zero-order chi connectivity index (χ0) is 22.3. The number of amides is 1. The third-order valence-electron chi connectivity index (χ3n) is 5.49. The van der Waals surface area contributed by atoms with Gasteiger partial charge in [0.05, 0.1) is 23.8 Å². The van der Waals surface area contributed by atoms with Crippen LogP contribution in [0.1, 0.15) is 39.3 Å². The van der Waals surface area contributed by atoms with Crippen molar-refractivity contribution >= 4 is 17.2 Å². The second-order valence-electron chi connectivity index (χ2n) is 7.85. The molecule has 0 spiro atoms. The van der Waals surface area contributed by atoms with Crippen LogP contribution in [0.25, 0.3) is 0 Å². The van der Waals surface area contributed by atoms with Crippen molar-refractivity contribution in [3.63, 3.8) is 0 Å². The van der Waals surface area contributed by atoms with Gasteiger partial charge in [0.2, 0.25) is 0 Å². The minimum absolute atomic E-state index is 0.0439. The predicted octanol–water partition coefficient (Wildman–Crippen LogP) is 4.86. The third-order valence-corrected chi connectivity index (χ3v) is 6.50. The molecule has 0 saturated carbocycles. The molecular formula is C25H28N2O4S. The molecule has 0 unspecified atom stereocenters. The number of hydrogen-bond acceptors (Lipinski definition) is 6. The average molecular weight is 453 g/mol. The summed E-state index contributed by atoms with van der Waals surface area (Å²) in [6, 6.07) is 13.5. The first-order chi connectivity index (χ1) is 15.6. The molecule has 1 amide bonds. The molecule has 1 aliphatic heterocycles. The monoisotopic (exact) mass is 452 g/mol. The Hall–Kier alpha value is -2.90. The largest absolute Gasteiger partial charge is 0.493 e. The van der Waals surface area contributed by atoms with Gasteiger partial charge in [-0.25, -0.2) is 0 Å². The molecule has 1 atom stereocenters. The van der Waals surface area contributed by atoms with Crippen LogP contribution in [0.15, 0.2) is 54.0 Å². The highest BCUT2D eigenvalue weighted by Gasteiger charge is 2.25. The number of methoxy groups -OCH3 is 1. The summed E-state index contributed by atoms with van der Waals surface area (Å²) in [7, 11) is 1.62. The normalized spacial score (nSPS) is 15.5. The second kappa shape index (κ2) is 10.6. The van der Waals surface area contributed by atoms with E-state index in [4.69, 9.17) is 14.2 Å². The van der Waals surface area contributed by atoms with Gasteiger partial charge in [-0.2, -0.15) is 0 Å². The number of ether oxygens (including phenoxy) is 3. The maximum Gasteiger partial charge on any atom is 0.264 e. The van der Waals surface area contributed by atoms with Crippen LogP contribution in [0.4, 0.5) is 0 Å². The number of nitrogens with zero attached hydrogens (tertiary/aromatic N) is 2. The zero-order valence-corrected chi connectivity index (χ0v) is 19.3. The van der Waals surface area contributed by atoms with Gasteiger partial charge in [0.1, 0.15) is 6.61 Å². The van der Waals surface area contributed by atoms with Crippen molar-refractivity contribution in [2.24, 2.45) is 0 Å². The van der Waals surface area contributed by atoms with Crippen LogP contribution in [-0.4, -0.2) is 42.2 Å². The number of carbonyl (C=O) groups excluding carboxylic acids is 1. The lowest BCUT2D eigenvalue weighted by Gasteiger charge is -2.26. The Kier molecular flexibility index (Phi) is 7.39. The van der Waals surface area contributed by atoms with Gasteiger partial charge in [-0.1, -0.05) is 12.1 Å². The van der Waals surface area contributed by atoms with E-state index in [0.717, 1.165) is 41.1 Å². The smallest absolute Gasteiger partial charge is 0.264 e. The first-order valence-corrected chi connectivity index (χ1v) is 11.7. The Morgan fingerprint density at radius 3 is 2.84 bits per heavy atom. The van der Waals surface area contributed by atoms with Crippen molar-refractivity contribution in [1.82, 2.24) is 9.88 Å². The standard InChI is InChI=1S/C25H28N2O4S/c1-18-10-13-32-24(18)25(28)27(16-21-7-5-12-30-21)15-19-8-9-22(23(14-19)29-2)31-17-20-6-3-4-11-26-20/h3-4,6,8-11,13-14,21H,5,7,12,15-17H2,1-2H3/t21-/m0/s1. The van der Waals surface area contributed by atoms with E-state index in [9.17, 15) is 4.79 Å². The van der Waals surface area contributed by atoms with Crippen molar-refractivity contribution in [3.8, 4) is 11.5 Å². The number of aryl methyl sites for hydroxylation is 1. The molecule has 1 aliphatic rings. The minimum Gasteiger partial charge on any atom is -0.493 e. The second-order valence-corrected chi connectivity index (χ2v) is 8.76. The summed E-state index contributed by atoms with van der Waals surface area (Å²) >= 11 is 1.49. The number of pyridine rings is 1. The maximum atomic E-state index is 13.3. The van der Waals surface area contributed by atoms with E-state index in [0.29, 0.717) is 31.2 Å². The highest BCUT2D eigenvalue weighted by molar-refractivity contribution is 7.12. The Balaban J connectivity index is 1.50. The van der Waals surface area contributed by atoms with Gasteiger partial charge in [0, 0.05) is 25.9 Å². The molecule has 6 nitrogen and oxygen atoms in total. The number of rotatable bonds is 9. The fraction of sp³-hybridized carbons (Fsp3) is 0.360. The predicted molar refractivity (Wildman–Crippen MR) is 124 cm³/mol. The number of hydrogen-bond donors (Lipinski definition) is 0. The topological polar surface area (TPSA) is 60.9 Å². The maximum absolute atomic E-state index is 13.3. The molecule has 0 bridgehead atoms. The number of thiophene rings is 1. The third kappa shape index (κ3) is 5.47. The molecule has 1 fully saturated rings.